The van der Waals surface area contributed by atoms with E-state index >= 15 is 0 Å². The fraction of sp³-hybridized carbons (Fsp3) is 0.800. The summed E-state index contributed by atoms with van der Waals surface area (Å²) in [5, 5.41) is 2.82. The molecule has 4 heteroatoms. The van der Waals surface area contributed by atoms with Crippen molar-refractivity contribution in [2.45, 2.75) is 26.7 Å². The number of hydrogen-bond acceptors (Lipinski definition) is 2. The van der Waals surface area contributed by atoms with Crippen LogP contribution in [0.25, 0.3) is 0 Å². The van der Waals surface area contributed by atoms with E-state index in [0.29, 0.717) is 6.54 Å². The van der Waals surface area contributed by atoms with Crippen molar-refractivity contribution in [1.29, 1.82) is 0 Å². The van der Waals surface area contributed by atoms with E-state index in [1.165, 1.54) is 0 Å². The number of nitrogens with one attached hydrogen (secondary N) is 1. The molecule has 1 rings (SSSR count). The summed E-state index contributed by atoms with van der Waals surface area (Å²) in [6, 6.07) is 0. The summed E-state index contributed by atoms with van der Waals surface area (Å²) in [6.07, 6.45) is 1.59. The lowest BCUT2D eigenvalue weighted by molar-refractivity contribution is -0.133. The predicted octanol–water partition coefficient (Wildman–Crippen LogP) is 0.381. The Labute approximate surface area is 84.7 Å². The number of carbonyl (C=O) groups excluding carboxylic acids is 2. The van der Waals surface area contributed by atoms with Gasteiger partial charge in [-0.2, -0.15) is 0 Å². The summed E-state index contributed by atoms with van der Waals surface area (Å²) >= 11 is 0. The Kier molecular flexibility index (Phi) is 3.92. The second-order valence-corrected chi connectivity index (χ2v) is 3.67. The first-order chi connectivity index (χ1) is 6.65. The fourth-order valence-corrected chi connectivity index (χ4v) is 1.78. The highest BCUT2D eigenvalue weighted by molar-refractivity contribution is 5.79. The minimum atomic E-state index is 0.102. The summed E-state index contributed by atoms with van der Waals surface area (Å²) in [5.74, 6) is 0.348. The van der Waals surface area contributed by atoms with Crippen molar-refractivity contribution in [2.75, 3.05) is 19.6 Å². The second kappa shape index (κ2) is 4.98. The van der Waals surface area contributed by atoms with Gasteiger partial charge in [-0.05, 0) is 19.8 Å². The maximum absolute atomic E-state index is 11.5. The minimum Gasteiger partial charge on any atom is -0.356 e. The third-order valence-electron chi connectivity index (χ3n) is 2.66. The summed E-state index contributed by atoms with van der Waals surface area (Å²) < 4.78 is 0. The van der Waals surface area contributed by atoms with E-state index in [2.05, 4.69) is 5.32 Å². The molecule has 0 atom stereocenters. The number of likely N-dealkylation sites (tertiary alicyclic amines) is 1. The lowest BCUT2D eigenvalue weighted by Crippen LogP contribution is -2.42. The predicted molar refractivity (Wildman–Crippen MR) is 53.7 cm³/mol. The highest BCUT2D eigenvalue weighted by Crippen LogP contribution is 2.17. The van der Waals surface area contributed by atoms with Crippen LogP contribution in [0.2, 0.25) is 0 Å². The van der Waals surface area contributed by atoms with E-state index < -0.39 is 0 Å². The third-order valence-corrected chi connectivity index (χ3v) is 2.66. The van der Waals surface area contributed by atoms with Crippen molar-refractivity contribution in [1.82, 2.24) is 10.2 Å². The Morgan fingerprint density at radius 3 is 2.36 bits per heavy atom. The summed E-state index contributed by atoms with van der Waals surface area (Å²) in [5.41, 5.74) is 0. The fourth-order valence-electron chi connectivity index (χ4n) is 1.78. The van der Waals surface area contributed by atoms with Gasteiger partial charge >= 0.3 is 0 Å². The molecule has 0 spiro atoms. The molecule has 0 unspecified atom stereocenters. The molecule has 1 aliphatic rings. The monoisotopic (exact) mass is 198 g/mol. The van der Waals surface area contributed by atoms with Gasteiger partial charge < -0.3 is 10.2 Å². The lowest BCUT2D eigenvalue weighted by atomic mass is 9.96. The van der Waals surface area contributed by atoms with Crippen molar-refractivity contribution in [3.8, 4) is 0 Å². The van der Waals surface area contributed by atoms with Gasteiger partial charge in [-0.3, -0.25) is 9.59 Å². The zero-order chi connectivity index (χ0) is 10.6. The van der Waals surface area contributed by atoms with Crippen LogP contribution in [0.3, 0.4) is 0 Å². The molecule has 2 amide bonds. The molecule has 0 aromatic heterocycles. The van der Waals surface area contributed by atoms with Crippen LogP contribution in [-0.4, -0.2) is 36.3 Å². The molecule has 4 nitrogen and oxygen atoms in total. The Morgan fingerprint density at radius 1 is 1.36 bits per heavy atom. The van der Waals surface area contributed by atoms with Crippen LogP contribution < -0.4 is 5.32 Å². The highest BCUT2D eigenvalue weighted by atomic mass is 16.2. The topological polar surface area (TPSA) is 49.4 Å². The SMILES string of the molecule is CCNC(=O)C1CCN(C(C)=O)CC1. The molecule has 1 heterocycles. The van der Waals surface area contributed by atoms with Crippen LogP contribution in [0, 0.1) is 5.92 Å². The number of hydrogen-bond donors (Lipinski definition) is 1. The smallest absolute Gasteiger partial charge is 0.223 e. The zero-order valence-electron chi connectivity index (χ0n) is 8.88. The van der Waals surface area contributed by atoms with Crippen LogP contribution in [0.1, 0.15) is 26.7 Å². The van der Waals surface area contributed by atoms with Crippen molar-refractivity contribution < 1.29 is 9.59 Å². The molecule has 80 valence electrons. The van der Waals surface area contributed by atoms with Gasteiger partial charge in [0.05, 0.1) is 0 Å². The molecule has 1 saturated heterocycles. The number of piperidine rings is 1. The first-order valence-corrected chi connectivity index (χ1v) is 5.18. The Morgan fingerprint density at radius 2 is 1.93 bits per heavy atom. The Bertz CT molecular complexity index is 220. The molecule has 1 aliphatic heterocycles. The van der Waals surface area contributed by atoms with Crippen LogP contribution in [0.4, 0.5) is 0 Å². The Balaban J connectivity index is 2.35. The molecule has 0 bridgehead atoms. The number of carbonyl (C=O) groups is 2. The van der Waals surface area contributed by atoms with E-state index in [9.17, 15) is 9.59 Å². The van der Waals surface area contributed by atoms with E-state index in [0.717, 1.165) is 25.9 Å². The first kappa shape index (κ1) is 11.0. The van der Waals surface area contributed by atoms with Gasteiger partial charge in [-0.25, -0.2) is 0 Å². The van der Waals surface area contributed by atoms with Crippen LogP contribution in [-0.2, 0) is 9.59 Å². The van der Waals surface area contributed by atoms with Gasteiger partial charge in [0.1, 0.15) is 0 Å². The Hall–Kier alpha value is -1.06. The quantitative estimate of drug-likeness (QED) is 0.697. The standard InChI is InChI=1S/C10H18N2O2/c1-3-11-10(14)9-4-6-12(7-5-9)8(2)13/h9H,3-7H2,1-2H3,(H,11,14). The van der Waals surface area contributed by atoms with Crippen molar-refractivity contribution in [3.05, 3.63) is 0 Å². The maximum Gasteiger partial charge on any atom is 0.223 e. The number of nitrogens with zero attached hydrogens (tertiary/aromatic N) is 1. The third kappa shape index (κ3) is 2.72. The van der Waals surface area contributed by atoms with E-state index in [-0.39, 0.29) is 17.7 Å². The molecule has 0 aromatic rings. The zero-order valence-corrected chi connectivity index (χ0v) is 8.88. The van der Waals surface area contributed by atoms with Gasteiger partial charge in [0.2, 0.25) is 11.8 Å². The molecule has 0 aliphatic carbocycles. The normalized spacial score (nSPS) is 18.0. The summed E-state index contributed by atoms with van der Waals surface area (Å²) in [7, 11) is 0. The molecule has 1 fully saturated rings. The van der Waals surface area contributed by atoms with E-state index in [4.69, 9.17) is 0 Å². The van der Waals surface area contributed by atoms with Crippen LogP contribution in [0.5, 0.6) is 0 Å². The molecule has 1 N–H and O–H groups in total. The summed E-state index contributed by atoms with van der Waals surface area (Å²) in [6.45, 7) is 5.62. The van der Waals surface area contributed by atoms with Gasteiger partial charge in [-0.1, -0.05) is 0 Å². The van der Waals surface area contributed by atoms with Crippen molar-refractivity contribution in [2.24, 2.45) is 5.92 Å². The first-order valence-electron chi connectivity index (χ1n) is 5.18. The maximum atomic E-state index is 11.5. The molecular formula is C10H18N2O2. The van der Waals surface area contributed by atoms with Gasteiger partial charge in [0.25, 0.3) is 0 Å². The molecule has 14 heavy (non-hydrogen) atoms. The minimum absolute atomic E-state index is 0.102. The molecule has 0 radical (unpaired) electrons. The molecule has 0 saturated carbocycles. The van der Waals surface area contributed by atoms with E-state index in [1.54, 1.807) is 11.8 Å². The van der Waals surface area contributed by atoms with Crippen molar-refractivity contribution >= 4 is 11.8 Å². The highest BCUT2D eigenvalue weighted by Gasteiger charge is 2.25. The number of rotatable bonds is 2. The van der Waals surface area contributed by atoms with E-state index in [1.807, 2.05) is 6.92 Å². The lowest BCUT2D eigenvalue weighted by Gasteiger charge is -2.30. The largest absolute Gasteiger partial charge is 0.356 e. The molecule has 0 aromatic carbocycles. The van der Waals surface area contributed by atoms with Gasteiger partial charge in [0.15, 0.2) is 0 Å². The van der Waals surface area contributed by atoms with Crippen molar-refractivity contribution in [3.63, 3.8) is 0 Å². The molecular weight excluding hydrogens is 180 g/mol. The summed E-state index contributed by atoms with van der Waals surface area (Å²) in [4.78, 5) is 24.3. The number of amides is 2. The average Bonchev–Trinajstić information content (AvgIpc) is 2.18. The van der Waals surface area contributed by atoms with Gasteiger partial charge in [0, 0.05) is 32.5 Å². The van der Waals surface area contributed by atoms with Gasteiger partial charge in [-0.15, -0.1) is 0 Å². The average molecular weight is 198 g/mol. The van der Waals surface area contributed by atoms with Crippen LogP contribution in [0.15, 0.2) is 0 Å². The van der Waals surface area contributed by atoms with Crippen LogP contribution >= 0.6 is 0 Å². The second-order valence-electron chi connectivity index (χ2n) is 3.67.